The van der Waals surface area contributed by atoms with Crippen molar-refractivity contribution in [3.8, 4) is 0 Å². The number of benzene rings is 1. The van der Waals surface area contributed by atoms with Crippen LogP contribution in [-0.2, 0) is 0 Å². The lowest BCUT2D eigenvalue weighted by Crippen LogP contribution is -2.31. The summed E-state index contributed by atoms with van der Waals surface area (Å²) < 4.78 is 0. The van der Waals surface area contributed by atoms with E-state index < -0.39 is 0 Å². The fraction of sp³-hybridized carbons (Fsp3) is 0.125. The number of pyridine rings is 1. The van der Waals surface area contributed by atoms with E-state index >= 15 is 0 Å². The number of para-hydroxylation sites is 1. The van der Waals surface area contributed by atoms with E-state index in [4.69, 9.17) is 0 Å². The normalized spacial score (nSPS) is 9.95. The molecule has 1 amide bonds. The molecule has 2 aromatic rings. The van der Waals surface area contributed by atoms with Crippen LogP contribution in [0.5, 0.6) is 0 Å². The molecule has 0 N–H and O–H groups in total. The molecule has 96 valence electrons. The molecule has 0 saturated heterocycles. The molecule has 0 bridgehead atoms. The summed E-state index contributed by atoms with van der Waals surface area (Å²) in [7, 11) is 0. The third kappa shape index (κ3) is 3.07. The molecule has 0 radical (unpaired) electrons. The first-order valence-corrected chi connectivity index (χ1v) is 6.14. The van der Waals surface area contributed by atoms with E-state index in [0.29, 0.717) is 12.2 Å². The van der Waals surface area contributed by atoms with Crippen LogP contribution in [-0.4, -0.2) is 17.4 Å². The number of hydrogen-bond donors (Lipinski definition) is 0. The number of aryl methyl sites for hydroxylation is 1. The SMILES string of the molecule is C=CCN(C(=O)c1cccc(C)n1)c1ccccc1. The molecule has 0 unspecified atom stereocenters. The quantitative estimate of drug-likeness (QED) is 0.783. The van der Waals surface area contributed by atoms with Gasteiger partial charge in [0.05, 0.1) is 0 Å². The van der Waals surface area contributed by atoms with Gasteiger partial charge in [-0.2, -0.15) is 0 Å². The summed E-state index contributed by atoms with van der Waals surface area (Å²) >= 11 is 0. The molecular formula is C16H16N2O. The molecule has 3 heteroatoms. The van der Waals surface area contributed by atoms with Gasteiger partial charge < -0.3 is 4.90 Å². The molecule has 0 aliphatic rings. The average molecular weight is 252 g/mol. The predicted molar refractivity (Wildman–Crippen MR) is 77.3 cm³/mol. The van der Waals surface area contributed by atoms with Gasteiger partial charge in [0.1, 0.15) is 5.69 Å². The van der Waals surface area contributed by atoms with Gasteiger partial charge in [-0.3, -0.25) is 4.79 Å². The van der Waals surface area contributed by atoms with Gasteiger partial charge in [0.25, 0.3) is 5.91 Å². The van der Waals surface area contributed by atoms with Gasteiger partial charge in [0, 0.05) is 17.9 Å². The smallest absolute Gasteiger partial charge is 0.277 e. The Morgan fingerprint density at radius 3 is 2.58 bits per heavy atom. The van der Waals surface area contributed by atoms with Crippen molar-refractivity contribution in [3.63, 3.8) is 0 Å². The molecule has 19 heavy (non-hydrogen) atoms. The summed E-state index contributed by atoms with van der Waals surface area (Å²) in [6, 6.07) is 15.0. The zero-order chi connectivity index (χ0) is 13.7. The lowest BCUT2D eigenvalue weighted by molar-refractivity contribution is 0.0985. The largest absolute Gasteiger partial charge is 0.303 e. The minimum absolute atomic E-state index is 0.116. The molecule has 0 fully saturated rings. The maximum atomic E-state index is 12.5. The van der Waals surface area contributed by atoms with E-state index in [-0.39, 0.29) is 5.91 Å². The Hall–Kier alpha value is -2.42. The van der Waals surface area contributed by atoms with Crippen LogP contribution in [0.1, 0.15) is 16.2 Å². The van der Waals surface area contributed by atoms with E-state index in [1.165, 1.54) is 0 Å². The van der Waals surface area contributed by atoms with Crippen LogP contribution >= 0.6 is 0 Å². The van der Waals surface area contributed by atoms with Crippen LogP contribution in [0.3, 0.4) is 0 Å². The summed E-state index contributed by atoms with van der Waals surface area (Å²) in [6.07, 6.45) is 1.71. The predicted octanol–water partition coefficient (Wildman–Crippen LogP) is 3.22. The monoisotopic (exact) mass is 252 g/mol. The van der Waals surface area contributed by atoms with Gasteiger partial charge in [-0.05, 0) is 31.2 Å². The Bertz CT molecular complexity index is 578. The number of carbonyl (C=O) groups is 1. The Morgan fingerprint density at radius 2 is 1.95 bits per heavy atom. The molecule has 0 aliphatic heterocycles. The summed E-state index contributed by atoms with van der Waals surface area (Å²) in [5, 5.41) is 0. The van der Waals surface area contributed by atoms with Gasteiger partial charge in [-0.1, -0.05) is 30.3 Å². The van der Waals surface area contributed by atoms with Crippen LogP contribution in [0, 0.1) is 6.92 Å². The van der Waals surface area contributed by atoms with Crippen molar-refractivity contribution >= 4 is 11.6 Å². The van der Waals surface area contributed by atoms with Gasteiger partial charge >= 0.3 is 0 Å². The van der Waals surface area contributed by atoms with Gasteiger partial charge in [0.15, 0.2) is 0 Å². The van der Waals surface area contributed by atoms with Crippen molar-refractivity contribution in [2.24, 2.45) is 0 Å². The molecule has 0 aliphatic carbocycles. The Morgan fingerprint density at radius 1 is 1.21 bits per heavy atom. The molecule has 1 heterocycles. The Labute approximate surface area is 113 Å². The number of aromatic nitrogens is 1. The summed E-state index contributed by atoms with van der Waals surface area (Å²) in [5.74, 6) is -0.116. The summed E-state index contributed by atoms with van der Waals surface area (Å²) in [4.78, 5) is 18.4. The standard InChI is InChI=1S/C16H16N2O/c1-3-12-18(14-9-5-4-6-10-14)16(19)15-11-7-8-13(2)17-15/h3-11H,1,12H2,2H3. The first-order chi connectivity index (χ1) is 9.22. The van der Waals surface area contributed by atoms with E-state index in [2.05, 4.69) is 11.6 Å². The number of nitrogens with zero attached hydrogens (tertiary/aromatic N) is 2. The van der Waals surface area contributed by atoms with Crippen molar-refractivity contribution in [1.82, 2.24) is 4.98 Å². The number of amides is 1. The average Bonchev–Trinajstić information content (AvgIpc) is 2.45. The fourth-order valence-electron chi connectivity index (χ4n) is 1.84. The second-order valence-corrected chi connectivity index (χ2v) is 4.20. The highest BCUT2D eigenvalue weighted by atomic mass is 16.2. The van der Waals surface area contributed by atoms with Gasteiger partial charge in [-0.15, -0.1) is 6.58 Å². The van der Waals surface area contributed by atoms with Crippen LogP contribution < -0.4 is 4.90 Å². The molecule has 0 saturated carbocycles. The minimum Gasteiger partial charge on any atom is -0.303 e. The van der Waals surface area contributed by atoms with Gasteiger partial charge in [0.2, 0.25) is 0 Å². The van der Waals surface area contributed by atoms with Crippen molar-refractivity contribution in [2.75, 3.05) is 11.4 Å². The zero-order valence-corrected chi connectivity index (χ0v) is 10.9. The third-order valence-electron chi connectivity index (χ3n) is 2.73. The Balaban J connectivity index is 2.34. The highest BCUT2D eigenvalue weighted by Gasteiger charge is 2.17. The van der Waals surface area contributed by atoms with E-state index in [9.17, 15) is 4.79 Å². The molecule has 0 atom stereocenters. The van der Waals surface area contributed by atoms with Crippen molar-refractivity contribution in [3.05, 3.63) is 72.6 Å². The molecule has 2 rings (SSSR count). The summed E-state index contributed by atoms with van der Waals surface area (Å²) in [6.45, 7) is 6.03. The molecule has 0 spiro atoms. The highest BCUT2D eigenvalue weighted by Crippen LogP contribution is 2.16. The second-order valence-electron chi connectivity index (χ2n) is 4.20. The van der Waals surface area contributed by atoms with E-state index in [1.54, 1.807) is 17.0 Å². The highest BCUT2D eigenvalue weighted by molar-refractivity contribution is 6.04. The first kappa shape index (κ1) is 13.0. The second kappa shape index (κ2) is 5.96. The lowest BCUT2D eigenvalue weighted by atomic mass is 10.2. The molecule has 3 nitrogen and oxygen atoms in total. The van der Waals surface area contributed by atoms with Crippen molar-refractivity contribution in [1.29, 1.82) is 0 Å². The topological polar surface area (TPSA) is 33.2 Å². The maximum absolute atomic E-state index is 12.5. The zero-order valence-electron chi connectivity index (χ0n) is 10.9. The number of anilines is 1. The maximum Gasteiger partial charge on any atom is 0.277 e. The fourth-order valence-corrected chi connectivity index (χ4v) is 1.84. The van der Waals surface area contributed by atoms with Crippen LogP contribution in [0.2, 0.25) is 0 Å². The first-order valence-electron chi connectivity index (χ1n) is 6.14. The molecule has 1 aromatic heterocycles. The summed E-state index contributed by atoms with van der Waals surface area (Å²) in [5.41, 5.74) is 2.12. The van der Waals surface area contributed by atoms with Crippen molar-refractivity contribution in [2.45, 2.75) is 6.92 Å². The van der Waals surface area contributed by atoms with Crippen LogP contribution in [0.15, 0.2) is 61.2 Å². The number of hydrogen-bond acceptors (Lipinski definition) is 2. The molecule has 1 aromatic carbocycles. The number of rotatable bonds is 4. The van der Waals surface area contributed by atoms with Gasteiger partial charge in [-0.25, -0.2) is 4.98 Å². The molecular weight excluding hydrogens is 236 g/mol. The third-order valence-corrected chi connectivity index (χ3v) is 2.73. The van der Waals surface area contributed by atoms with Crippen LogP contribution in [0.25, 0.3) is 0 Å². The van der Waals surface area contributed by atoms with E-state index in [0.717, 1.165) is 11.4 Å². The van der Waals surface area contributed by atoms with Crippen molar-refractivity contribution < 1.29 is 4.79 Å². The lowest BCUT2D eigenvalue weighted by Gasteiger charge is -2.20. The number of carbonyl (C=O) groups excluding carboxylic acids is 1. The van der Waals surface area contributed by atoms with Crippen LogP contribution in [0.4, 0.5) is 5.69 Å². The Kier molecular flexibility index (Phi) is 4.08. The van der Waals surface area contributed by atoms with E-state index in [1.807, 2.05) is 49.4 Å². The minimum atomic E-state index is -0.116.